The van der Waals surface area contributed by atoms with E-state index < -0.39 is 289 Å². The number of nitrogens with two attached hydrogens (primary N) is 3. The molecule has 9 heterocycles. The number of carbonyl (C=O) groups is 11. The molecule has 143 heavy (non-hydrogen) atoms. The Kier molecular flexibility index (Phi) is 34.4. The molecule has 0 radical (unpaired) electrons. The van der Waals surface area contributed by atoms with Gasteiger partial charge in [0.25, 0.3) is 35.4 Å². The molecule has 0 aliphatic carbocycles. The summed E-state index contributed by atoms with van der Waals surface area (Å²) >= 11 is 0. The van der Waals surface area contributed by atoms with Crippen LogP contribution in [-0.2, 0) is 80.5 Å². The average molecular weight is 1990 g/mol. The number of amides is 6. The zero-order chi connectivity index (χ0) is 102. The lowest BCUT2D eigenvalue weighted by Gasteiger charge is -2.53. The highest BCUT2D eigenvalue weighted by molar-refractivity contribution is 6.23. The molecule has 9 aliphatic rings. The minimum atomic E-state index is -2.36. The van der Waals surface area contributed by atoms with Crippen molar-refractivity contribution >= 4 is 65.3 Å². The largest absolute Gasteiger partial charge is 0.459 e. The average Bonchev–Trinajstić information content (AvgIpc) is 1.62. The number of ether oxygens (including phenoxy) is 17. The maximum Gasteiger partial charge on any atom is 0.338 e. The van der Waals surface area contributed by atoms with Crippen LogP contribution in [0.25, 0.3) is 0 Å². The first-order valence-electron chi connectivity index (χ1n) is 45.9. The van der Waals surface area contributed by atoms with Crippen molar-refractivity contribution in [3.63, 3.8) is 0 Å². The molecule has 30 atom stereocenters. The minimum absolute atomic E-state index is 0.0492. The third kappa shape index (κ3) is 21.9. The Morgan fingerprint density at radius 3 is 0.867 bits per heavy atom. The van der Waals surface area contributed by atoms with Gasteiger partial charge in [-0.25, -0.2) is 24.0 Å². The molecule has 15 N–H and O–H groups in total. The maximum absolute atomic E-state index is 15.6. The number of rotatable bonds is 29. The lowest BCUT2D eigenvalue weighted by Crippen LogP contribution is -2.72. The number of nitrogens with zero attached hydrogens (tertiary/aromatic N) is 3. The number of aliphatic hydroxyl groups is 9. The molecule has 6 amide bonds. The number of imide groups is 3. The predicted octanol–water partition coefficient (Wildman–Crippen LogP) is 0.713. The van der Waals surface area contributed by atoms with Gasteiger partial charge in [-0.1, -0.05) is 148 Å². The van der Waals surface area contributed by atoms with Crippen molar-refractivity contribution in [1.82, 2.24) is 14.7 Å². The van der Waals surface area contributed by atoms with Gasteiger partial charge in [-0.3, -0.25) is 43.5 Å². The molecule has 0 bridgehead atoms. The molecule has 9 aliphatic heterocycles. The van der Waals surface area contributed by atoms with Crippen molar-refractivity contribution in [1.29, 1.82) is 0 Å². The van der Waals surface area contributed by atoms with Gasteiger partial charge in [0.15, 0.2) is 56.1 Å². The van der Waals surface area contributed by atoms with E-state index in [4.69, 9.17) is 97.7 Å². The summed E-state index contributed by atoms with van der Waals surface area (Å²) in [4.78, 5) is 166. The normalized spacial score (nSPS) is 31.9. The number of hydrogen-bond acceptors (Lipinski definition) is 40. The van der Waals surface area contributed by atoms with Gasteiger partial charge in [0.1, 0.15) is 123 Å². The summed E-state index contributed by atoms with van der Waals surface area (Å²) in [6.07, 6.45) is -39.5. The van der Waals surface area contributed by atoms with Gasteiger partial charge in [-0.05, 0) is 97.1 Å². The standard InChI is InChI=1S/C78H63N3O24.C19H37N3O13.C3H8/c1-95-76-57(80-67(86)49-35-19-20-36-50(49)68(80)87)63(102-74(93)45-29-13-5-14-30-45)61(55(100-76)41-97-72(91)43-25-9-3-10-26-43)105-78-58(81-69(88)51-37-21-22-38-52(51)70(81)89)64(103-75(94)46-31-15-6-16-32-46)60(53(39-82)98-78)104-77-56(79-65(84)47-33-17-18-34-48(47)66(79)85)62(101-73(92)44-27-11-4-12-28-44)59(83)54(99-77)40-96-71(90)42-23-7-2-8-24-42;1-30-17-9(21)13(28)15(6(3-24)32-17)35-19-10(22)14(29)16(7(4-25)33-19)34-18-8(20)12(27)11(26)5(2-23)31-18;1-3-2/h2-38,53-64,76-78,82-83H,39-41H2,1H3;5-19,23-29H,2-4,20-22H2,1H3;3H2,1-2H3/t53?,54?,55?,56-,57-,58+,59+,60?,61+,62?,63?,64-,76+,77-,78?;5?,6?,7?,8-,9-,10+,11+,12?,13?,14-,15+,16?,17+,18-,19?;/m11./s1. The fraction of sp³-hybridized carbons (Fsp3) is 0.410. The summed E-state index contributed by atoms with van der Waals surface area (Å²) in [6.45, 7) is -0.585. The molecule has 8 aromatic rings. The van der Waals surface area contributed by atoms with E-state index in [1.807, 2.05) is 0 Å². The van der Waals surface area contributed by atoms with Gasteiger partial charge in [-0.15, -0.1) is 0 Å². The Bertz CT molecular complexity index is 5680. The summed E-state index contributed by atoms with van der Waals surface area (Å²) in [5, 5.41) is 95.2. The molecule has 0 spiro atoms. The molecule has 760 valence electrons. The van der Waals surface area contributed by atoms with Crippen LogP contribution < -0.4 is 17.2 Å². The fourth-order valence-electron chi connectivity index (χ4n) is 18.1. The van der Waals surface area contributed by atoms with Gasteiger partial charge in [-0.2, -0.15) is 0 Å². The van der Waals surface area contributed by atoms with Gasteiger partial charge in [0.05, 0.1) is 106 Å². The molecule has 43 nitrogen and oxygen atoms in total. The highest BCUT2D eigenvalue weighted by Gasteiger charge is 2.65. The van der Waals surface area contributed by atoms with Crippen LogP contribution in [0.5, 0.6) is 0 Å². The van der Waals surface area contributed by atoms with Gasteiger partial charge in [0.2, 0.25) is 0 Å². The van der Waals surface area contributed by atoms with Crippen molar-refractivity contribution in [2.45, 2.75) is 204 Å². The molecule has 6 saturated heterocycles. The van der Waals surface area contributed by atoms with E-state index in [1.165, 1.54) is 183 Å². The van der Waals surface area contributed by atoms with Gasteiger partial charge in [0, 0.05) is 14.2 Å². The van der Waals surface area contributed by atoms with Crippen molar-refractivity contribution < 1.29 is 179 Å². The van der Waals surface area contributed by atoms with E-state index in [9.17, 15) is 74.7 Å². The Balaban J connectivity index is 0.000000340. The van der Waals surface area contributed by atoms with Crippen molar-refractivity contribution in [3.8, 4) is 0 Å². The predicted molar refractivity (Wildman–Crippen MR) is 486 cm³/mol. The highest BCUT2D eigenvalue weighted by atomic mass is 16.8. The van der Waals surface area contributed by atoms with E-state index in [1.54, 1.807) is 54.6 Å². The second kappa shape index (κ2) is 47.0. The van der Waals surface area contributed by atoms with E-state index in [0.29, 0.717) is 9.80 Å². The second-order valence-corrected chi connectivity index (χ2v) is 34.4. The number of methoxy groups -OCH3 is 2. The molecular weight excluding hydrogens is 1880 g/mol. The van der Waals surface area contributed by atoms with Crippen LogP contribution in [0.2, 0.25) is 0 Å². The smallest absolute Gasteiger partial charge is 0.338 e. The Labute approximate surface area is 816 Å². The molecule has 14 unspecified atom stereocenters. The highest BCUT2D eigenvalue weighted by Crippen LogP contribution is 2.45. The number of aliphatic hydroxyl groups excluding tert-OH is 9. The maximum atomic E-state index is 15.6. The number of hydrogen-bond donors (Lipinski definition) is 12. The summed E-state index contributed by atoms with van der Waals surface area (Å²) in [6, 6.07) is 44.5. The third-order valence-corrected chi connectivity index (χ3v) is 25.3. The van der Waals surface area contributed by atoms with E-state index >= 15 is 24.0 Å². The number of benzene rings is 8. The quantitative estimate of drug-likeness (QED) is 0.0174. The van der Waals surface area contributed by atoms with Crippen LogP contribution in [0, 0.1) is 0 Å². The second-order valence-electron chi connectivity index (χ2n) is 34.4. The van der Waals surface area contributed by atoms with Crippen LogP contribution in [0.3, 0.4) is 0 Å². The number of fused-ring (bicyclic) bond motifs is 3. The molecule has 0 saturated carbocycles. The first-order chi connectivity index (χ1) is 69.0. The summed E-state index contributed by atoms with van der Waals surface area (Å²) < 4.78 is 104. The molecular formula is C100H108N6O37. The van der Waals surface area contributed by atoms with Crippen LogP contribution in [0.15, 0.2) is 224 Å². The fourth-order valence-corrected chi connectivity index (χ4v) is 18.1. The lowest BCUT2D eigenvalue weighted by molar-refractivity contribution is -0.359. The van der Waals surface area contributed by atoms with Crippen LogP contribution in [-0.4, -0.2) is 364 Å². The monoisotopic (exact) mass is 1980 g/mol. The summed E-state index contributed by atoms with van der Waals surface area (Å²) in [7, 11) is 2.48. The Morgan fingerprint density at radius 1 is 0.280 bits per heavy atom. The molecule has 6 fully saturated rings. The van der Waals surface area contributed by atoms with Crippen molar-refractivity contribution in [3.05, 3.63) is 286 Å². The molecule has 0 aromatic heterocycles. The first kappa shape index (κ1) is 105. The van der Waals surface area contributed by atoms with E-state index in [0.717, 1.165) is 12.0 Å². The SMILES string of the molecule is CCC.CO[C@H]1OC(CO)[C@H](OC2OC(CO)C(O[C@H]3OC(CO)[C@H](O)C(O)[C@H]3N)[C@H](O)[C@@H]2N)C(O)[C@H]1N.CO[C@H]1OC(COC(=O)c2ccccc2)[C@H](OC2OC(CO)C(O[C@H]3OC(COC(=O)c4ccccc4)[C@H](O)C(OC(=O)c4ccccc4)[C@H]3N3C(=O)c4ccccc4C3=O)[C@H](OC(=O)c3ccccc3)[C@@H]2N2C(=O)c3ccccc3C2=O)C(OC(=O)c2ccccc2)[C@H]1N1C(=O)c2ccccc2C1=O. The zero-order valence-corrected chi connectivity index (χ0v) is 77.2. The first-order valence-corrected chi connectivity index (χ1v) is 45.9. The van der Waals surface area contributed by atoms with E-state index in [2.05, 4.69) is 13.8 Å². The Morgan fingerprint density at radius 2 is 0.524 bits per heavy atom. The topological polar surface area (TPSA) is 615 Å². The zero-order valence-electron chi connectivity index (χ0n) is 77.2. The Hall–Kier alpha value is -12.4. The van der Waals surface area contributed by atoms with Crippen molar-refractivity contribution in [2.24, 2.45) is 17.2 Å². The van der Waals surface area contributed by atoms with E-state index in [-0.39, 0.29) is 61.2 Å². The van der Waals surface area contributed by atoms with Gasteiger partial charge >= 0.3 is 29.8 Å². The molecule has 43 heteroatoms. The minimum Gasteiger partial charge on any atom is -0.459 e. The number of esters is 5. The number of carbonyl (C=O) groups excluding carboxylic acids is 11. The van der Waals surface area contributed by atoms with Crippen LogP contribution in [0.4, 0.5) is 0 Å². The summed E-state index contributed by atoms with van der Waals surface area (Å²) in [5.74, 6) is -11.4. The van der Waals surface area contributed by atoms with Gasteiger partial charge < -0.3 is 144 Å². The molecule has 17 rings (SSSR count). The van der Waals surface area contributed by atoms with Crippen molar-refractivity contribution in [2.75, 3.05) is 53.9 Å². The summed E-state index contributed by atoms with van der Waals surface area (Å²) in [5.41, 5.74) is 16.8. The molecule has 8 aromatic carbocycles. The third-order valence-electron chi connectivity index (χ3n) is 25.3. The lowest BCUT2D eigenvalue weighted by atomic mass is 9.91. The van der Waals surface area contributed by atoms with Crippen LogP contribution >= 0.6 is 0 Å². The van der Waals surface area contributed by atoms with Crippen LogP contribution in [0.1, 0.15) is 134 Å².